The quantitative estimate of drug-likeness (QED) is 0.218. The summed E-state index contributed by atoms with van der Waals surface area (Å²) in [5, 5.41) is 10.3. The number of rotatable bonds is 13. The third-order valence-corrected chi connectivity index (χ3v) is 12.3. The summed E-state index contributed by atoms with van der Waals surface area (Å²) in [5.74, 6) is 1.82. The molecule has 10 nitrogen and oxygen atoms in total. The molecule has 0 aliphatic carbocycles. The summed E-state index contributed by atoms with van der Waals surface area (Å²) in [6.45, 7) is 12.4. The van der Waals surface area contributed by atoms with Crippen LogP contribution >= 0.6 is 0 Å². The first kappa shape index (κ1) is 38.2. The van der Waals surface area contributed by atoms with Gasteiger partial charge in [0.25, 0.3) is 0 Å². The Kier molecular flexibility index (Phi) is 11.9. The van der Waals surface area contributed by atoms with E-state index in [9.17, 15) is 14.7 Å². The lowest BCUT2D eigenvalue weighted by molar-refractivity contribution is -0.170. The molecule has 4 aliphatic heterocycles. The van der Waals surface area contributed by atoms with Crippen molar-refractivity contribution in [2.75, 3.05) is 54.6 Å². The number of carboxylic acids is 1. The average molecular weight is 721 g/mol. The second-order valence-electron chi connectivity index (χ2n) is 16.4. The molecule has 10 heteroatoms. The van der Waals surface area contributed by atoms with Gasteiger partial charge in [-0.2, -0.15) is 0 Å². The summed E-state index contributed by atoms with van der Waals surface area (Å²) < 4.78 is 29.4. The van der Waals surface area contributed by atoms with Gasteiger partial charge in [-0.1, -0.05) is 27.7 Å². The first-order valence-corrected chi connectivity index (χ1v) is 19.3. The van der Waals surface area contributed by atoms with Crippen molar-refractivity contribution in [2.45, 2.75) is 90.8 Å². The van der Waals surface area contributed by atoms with Crippen molar-refractivity contribution in [1.82, 2.24) is 9.80 Å². The largest absolute Gasteiger partial charge is 0.493 e. The molecule has 1 unspecified atom stereocenters. The number of esters is 1. The number of nitrogens with zero attached hydrogens (tertiary/aromatic N) is 2. The first-order valence-electron chi connectivity index (χ1n) is 19.3. The molecule has 1 N–H and O–H groups in total. The van der Waals surface area contributed by atoms with Gasteiger partial charge in [0, 0.05) is 50.6 Å². The number of carbonyl (C=O) groups is 2. The van der Waals surface area contributed by atoms with Gasteiger partial charge in [-0.15, -0.1) is 0 Å². The van der Waals surface area contributed by atoms with Crippen LogP contribution in [-0.2, 0) is 27.2 Å². The van der Waals surface area contributed by atoms with Gasteiger partial charge in [0.1, 0.15) is 6.10 Å². The fourth-order valence-electron chi connectivity index (χ4n) is 10.0. The molecule has 0 spiro atoms. The van der Waals surface area contributed by atoms with Gasteiger partial charge in [-0.3, -0.25) is 19.4 Å². The van der Waals surface area contributed by atoms with Gasteiger partial charge in [0.15, 0.2) is 23.0 Å². The molecular formula is C42H60N2O8. The summed E-state index contributed by atoms with van der Waals surface area (Å²) in [7, 11) is 6.64. The number of hydrogen-bond acceptors (Lipinski definition) is 9. The highest BCUT2D eigenvalue weighted by Gasteiger charge is 2.47. The predicted octanol–water partition coefficient (Wildman–Crippen LogP) is 6.97. The van der Waals surface area contributed by atoms with E-state index in [0.717, 1.165) is 57.6 Å². The van der Waals surface area contributed by atoms with Crippen molar-refractivity contribution in [3.05, 3.63) is 46.5 Å². The van der Waals surface area contributed by atoms with Crippen molar-refractivity contribution in [2.24, 2.45) is 35.5 Å². The highest BCUT2D eigenvalue weighted by molar-refractivity contribution is 5.79. The van der Waals surface area contributed by atoms with Crippen LogP contribution in [0.1, 0.15) is 94.1 Å². The minimum atomic E-state index is -0.959. The van der Waals surface area contributed by atoms with E-state index in [2.05, 4.69) is 61.8 Å². The van der Waals surface area contributed by atoms with E-state index in [1.54, 1.807) is 28.4 Å². The second-order valence-corrected chi connectivity index (χ2v) is 16.4. The number of piperidine rings is 2. The van der Waals surface area contributed by atoms with Gasteiger partial charge in [0.05, 0.1) is 40.8 Å². The van der Waals surface area contributed by atoms with Crippen molar-refractivity contribution in [1.29, 1.82) is 0 Å². The predicted molar refractivity (Wildman–Crippen MR) is 199 cm³/mol. The first-order chi connectivity index (χ1) is 24.9. The van der Waals surface area contributed by atoms with Crippen molar-refractivity contribution >= 4 is 11.9 Å². The third-order valence-electron chi connectivity index (χ3n) is 12.3. The number of hydrogen-bond donors (Lipinski definition) is 1. The van der Waals surface area contributed by atoms with Crippen LogP contribution in [0.15, 0.2) is 24.3 Å². The third kappa shape index (κ3) is 7.88. The van der Waals surface area contributed by atoms with Gasteiger partial charge in [-0.05, 0) is 102 Å². The van der Waals surface area contributed by atoms with Crippen molar-refractivity contribution in [3.63, 3.8) is 0 Å². The van der Waals surface area contributed by atoms with Gasteiger partial charge < -0.3 is 28.8 Å². The number of carboxylic acid groups (broad SMARTS) is 1. The minimum Gasteiger partial charge on any atom is -0.493 e. The summed E-state index contributed by atoms with van der Waals surface area (Å²) >= 11 is 0. The number of fused-ring (bicyclic) bond motifs is 6. The molecule has 6 rings (SSSR count). The lowest BCUT2D eigenvalue weighted by atomic mass is 9.68. The summed E-state index contributed by atoms with van der Waals surface area (Å²) in [5.41, 5.74) is 4.84. The van der Waals surface area contributed by atoms with Crippen LogP contribution in [0.3, 0.4) is 0 Å². The van der Waals surface area contributed by atoms with E-state index < -0.39 is 11.9 Å². The van der Waals surface area contributed by atoms with Gasteiger partial charge in [0.2, 0.25) is 0 Å². The number of aliphatic carboxylic acids is 1. The fourth-order valence-corrected chi connectivity index (χ4v) is 10.0. The Bertz CT molecular complexity index is 1590. The Morgan fingerprint density at radius 2 is 1.17 bits per heavy atom. The van der Waals surface area contributed by atoms with E-state index in [0.29, 0.717) is 41.9 Å². The van der Waals surface area contributed by atoms with E-state index in [1.807, 2.05) is 0 Å². The number of ether oxygens (including phenoxy) is 5. The Morgan fingerprint density at radius 3 is 1.65 bits per heavy atom. The maximum atomic E-state index is 14.7. The molecule has 2 fully saturated rings. The van der Waals surface area contributed by atoms with Crippen LogP contribution in [0.2, 0.25) is 0 Å². The zero-order valence-electron chi connectivity index (χ0n) is 32.5. The maximum absolute atomic E-state index is 14.7. The highest BCUT2D eigenvalue weighted by atomic mass is 16.5. The van der Waals surface area contributed by atoms with Crippen LogP contribution in [0, 0.1) is 35.5 Å². The molecule has 0 aromatic heterocycles. The Balaban J connectivity index is 1.31. The second kappa shape index (κ2) is 16.3. The molecule has 286 valence electrons. The van der Waals surface area contributed by atoms with Crippen LogP contribution in [0.25, 0.3) is 0 Å². The summed E-state index contributed by atoms with van der Waals surface area (Å²) in [4.78, 5) is 32.4. The topological polar surface area (TPSA) is 107 Å². The monoisotopic (exact) mass is 720 g/mol. The highest BCUT2D eigenvalue weighted by Crippen LogP contribution is 2.49. The molecule has 52 heavy (non-hydrogen) atoms. The van der Waals surface area contributed by atoms with E-state index >= 15 is 0 Å². The molecule has 2 saturated heterocycles. The molecule has 4 aliphatic rings. The van der Waals surface area contributed by atoms with Crippen LogP contribution < -0.4 is 18.9 Å². The minimum absolute atomic E-state index is 0.0590. The van der Waals surface area contributed by atoms with Gasteiger partial charge in [-0.25, -0.2) is 0 Å². The molecule has 2 aromatic carbocycles. The SMILES string of the molecule is COc1cc2c(cc1OC)[C@H]1C[C@@H](OC(=O)C(CC(=O)O)[C@@H]3C[C@@H]4c5cc(OC)c(OC)cc5CCN4C[C@@H]3CC(C)C)[C@H](CC(C)C)CN1CC2. The van der Waals surface area contributed by atoms with E-state index in [1.165, 1.54) is 22.3 Å². The lowest BCUT2D eigenvalue weighted by Gasteiger charge is -2.50. The molecule has 0 bridgehead atoms. The summed E-state index contributed by atoms with van der Waals surface area (Å²) in [6, 6.07) is 8.49. The van der Waals surface area contributed by atoms with E-state index in [4.69, 9.17) is 23.7 Å². The molecule has 0 saturated carbocycles. The fraction of sp³-hybridized carbons (Fsp3) is 0.667. The number of carbonyl (C=O) groups excluding carboxylic acids is 1. The number of methoxy groups -OCH3 is 4. The number of benzene rings is 2. The van der Waals surface area contributed by atoms with Crippen molar-refractivity contribution < 1.29 is 38.4 Å². The summed E-state index contributed by atoms with van der Waals surface area (Å²) in [6.07, 6.45) is 4.49. The standard InChI is InChI=1S/C42H60N2O8/c1-24(2)13-28-22-43-11-9-26-15-37(48-5)39(50-7)18-31(26)34(43)17-30(28)33(20-41(45)46)42(47)52-36-21-35-32-19-40(51-8)38(49-6)16-27(32)10-12-44(35)23-29(36)14-25(3)4/h15-16,18-19,24-25,28-30,33-36H,9-14,17,20-23H2,1-8H3,(H,45,46)/t28-,29+,30+,33?,34+,35+,36+/m0/s1. The zero-order valence-corrected chi connectivity index (χ0v) is 32.5. The molecule has 4 heterocycles. The van der Waals surface area contributed by atoms with Crippen LogP contribution in [0.4, 0.5) is 0 Å². The van der Waals surface area contributed by atoms with Crippen molar-refractivity contribution in [3.8, 4) is 23.0 Å². The Labute approximate surface area is 310 Å². The Hall–Kier alpha value is -3.50. The molecule has 7 atom stereocenters. The molecule has 0 radical (unpaired) electrons. The lowest BCUT2D eigenvalue weighted by Crippen LogP contribution is -2.51. The zero-order chi connectivity index (χ0) is 37.3. The van der Waals surface area contributed by atoms with Crippen LogP contribution in [-0.4, -0.2) is 87.6 Å². The molecule has 0 amide bonds. The molecule has 2 aromatic rings. The normalized spacial score (nSPS) is 26.4. The maximum Gasteiger partial charge on any atom is 0.310 e. The van der Waals surface area contributed by atoms with Crippen LogP contribution in [0.5, 0.6) is 23.0 Å². The molecular weight excluding hydrogens is 660 g/mol. The van der Waals surface area contributed by atoms with Gasteiger partial charge >= 0.3 is 11.9 Å². The smallest absolute Gasteiger partial charge is 0.310 e. The Morgan fingerprint density at radius 1 is 0.712 bits per heavy atom. The van der Waals surface area contributed by atoms with E-state index in [-0.39, 0.29) is 48.3 Å². The average Bonchev–Trinajstić information content (AvgIpc) is 3.11.